The van der Waals surface area contributed by atoms with E-state index in [1.54, 1.807) is 0 Å². The Bertz CT molecular complexity index is 550. The predicted molar refractivity (Wildman–Crippen MR) is 70.2 cm³/mol. The normalized spacial score (nSPS) is 26.7. The van der Waals surface area contributed by atoms with Crippen LogP contribution in [0.5, 0.6) is 0 Å². The van der Waals surface area contributed by atoms with E-state index in [2.05, 4.69) is 0 Å². The van der Waals surface area contributed by atoms with Gasteiger partial charge in [0, 0.05) is 0 Å². The van der Waals surface area contributed by atoms with Crippen LogP contribution in [0.3, 0.4) is 0 Å². The molecular formula is C16H16O2. The number of hydrogen-bond acceptors (Lipinski definition) is 2. The van der Waals surface area contributed by atoms with Crippen molar-refractivity contribution in [1.29, 1.82) is 0 Å². The number of aryl methyl sites for hydroxylation is 1. The number of rotatable bonds is 1. The molecule has 0 aliphatic heterocycles. The van der Waals surface area contributed by atoms with Crippen molar-refractivity contribution >= 4 is 0 Å². The van der Waals surface area contributed by atoms with Crippen molar-refractivity contribution in [3.05, 3.63) is 71.3 Å². The fourth-order valence-corrected chi connectivity index (χ4v) is 2.83. The van der Waals surface area contributed by atoms with Gasteiger partial charge in [0.25, 0.3) is 0 Å². The molecule has 0 bridgehead atoms. The summed E-state index contributed by atoms with van der Waals surface area (Å²) in [6, 6.07) is 17.2. The van der Waals surface area contributed by atoms with Crippen LogP contribution in [-0.2, 0) is 12.0 Å². The van der Waals surface area contributed by atoms with E-state index in [1.807, 2.05) is 54.6 Å². The highest BCUT2D eigenvalue weighted by atomic mass is 16.3. The molecular weight excluding hydrogens is 224 g/mol. The van der Waals surface area contributed by atoms with E-state index in [1.165, 1.54) is 0 Å². The fraction of sp³-hybridized carbons (Fsp3) is 0.250. The number of aliphatic hydroxyl groups is 2. The summed E-state index contributed by atoms with van der Waals surface area (Å²) in [5.74, 6) is 0. The van der Waals surface area contributed by atoms with Crippen LogP contribution >= 0.6 is 0 Å². The van der Waals surface area contributed by atoms with Crippen LogP contribution in [0.25, 0.3) is 0 Å². The molecule has 1 aliphatic carbocycles. The molecule has 0 saturated carbocycles. The first-order chi connectivity index (χ1) is 8.73. The third-order valence-corrected chi connectivity index (χ3v) is 3.81. The highest BCUT2D eigenvalue weighted by molar-refractivity contribution is 5.44. The standard InChI is InChI=1S/C16H16O2/c17-15-11-10-12-6-4-5-9-14(12)16(15,18)13-7-2-1-3-8-13/h1-9,15,17-18H,10-11H2/t15-,16+/m0/s1. The Labute approximate surface area is 107 Å². The number of benzene rings is 2. The summed E-state index contributed by atoms with van der Waals surface area (Å²) in [6.07, 6.45) is 0.643. The lowest BCUT2D eigenvalue weighted by Crippen LogP contribution is -2.44. The molecule has 0 spiro atoms. The lowest BCUT2D eigenvalue weighted by Gasteiger charge is -2.39. The molecule has 92 valence electrons. The van der Waals surface area contributed by atoms with E-state index in [0.29, 0.717) is 6.42 Å². The van der Waals surface area contributed by atoms with Crippen LogP contribution < -0.4 is 0 Å². The summed E-state index contributed by atoms with van der Waals surface area (Å²) < 4.78 is 0. The van der Waals surface area contributed by atoms with Gasteiger partial charge in [-0.1, -0.05) is 54.6 Å². The van der Waals surface area contributed by atoms with Gasteiger partial charge in [-0.05, 0) is 29.5 Å². The Morgan fingerprint density at radius 1 is 0.944 bits per heavy atom. The topological polar surface area (TPSA) is 40.5 Å². The molecule has 18 heavy (non-hydrogen) atoms. The first-order valence-electron chi connectivity index (χ1n) is 6.27. The maximum atomic E-state index is 11.0. The second-order valence-corrected chi connectivity index (χ2v) is 4.84. The minimum atomic E-state index is -1.28. The van der Waals surface area contributed by atoms with Crippen LogP contribution in [-0.4, -0.2) is 16.3 Å². The maximum Gasteiger partial charge on any atom is 0.141 e. The van der Waals surface area contributed by atoms with E-state index in [-0.39, 0.29) is 0 Å². The van der Waals surface area contributed by atoms with Gasteiger partial charge in [0.15, 0.2) is 0 Å². The minimum Gasteiger partial charge on any atom is -0.389 e. The fourth-order valence-electron chi connectivity index (χ4n) is 2.83. The minimum absolute atomic E-state index is 0.586. The molecule has 0 fully saturated rings. The highest BCUT2D eigenvalue weighted by Gasteiger charge is 2.43. The smallest absolute Gasteiger partial charge is 0.141 e. The third-order valence-electron chi connectivity index (χ3n) is 3.81. The van der Waals surface area contributed by atoms with Crippen LogP contribution in [0, 0.1) is 0 Å². The first-order valence-corrected chi connectivity index (χ1v) is 6.27. The van der Waals surface area contributed by atoms with Gasteiger partial charge in [0.05, 0.1) is 6.10 Å². The molecule has 3 rings (SSSR count). The summed E-state index contributed by atoms with van der Waals surface area (Å²) in [6.45, 7) is 0. The third kappa shape index (κ3) is 1.57. The van der Waals surface area contributed by atoms with Gasteiger partial charge in [-0.15, -0.1) is 0 Å². The van der Waals surface area contributed by atoms with Gasteiger partial charge >= 0.3 is 0 Å². The summed E-state index contributed by atoms with van der Waals surface area (Å²) in [7, 11) is 0. The average molecular weight is 240 g/mol. The summed E-state index contributed by atoms with van der Waals surface area (Å²) in [5.41, 5.74) is 1.42. The molecule has 2 N–H and O–H groups in total. The molecule has 1 aliphatic rings. The monoisotopic (exact) mass is 240 g/mol. The molecule has 2 atom stereocenters. The van der Waals surface area contributed by atoms with Crippen LogP contribution in [0.2, 0.25) is 0 Å². The van der Waals surface area contributed by atoms with Crippen LogP contribution in [0.4, 0.5) is 0 Å². The molecule has 0 heterocycles. The van der Waals surface area contributed by atoms with Gasteiger partial charge in [-0.25, -0.2) is 0 Å². The van der Waals surface area contributed by atoms with Gasteiger partial charge in [0.1, 0.15) is 5.60 Å². The first kappa shape index (κ1) is 11.5. The molecule has 2 heteroatoms. The Kier molecular flexibility index (Phi) is 2.69. The van der Waals surface area contributed by atoms with E-state index >= 15 is 0 Å². The average Bonchev–Trinajstić information content (AvgIpc) is 2.44. The Hall–Kier alpha value is -1.64. The summed E-state index contributed by atoms with van der Waals surface area (Å²) in [5, 5.41) is 21.3. The molecule has 2 aromatic carbocycles. The molecule has 2 aromatic rings. The number of aliphatic hydroxyl groups excluding tert-OH is 1. The van der Waals surface area contributed by atoms with Gasteiger partial charge in [0.2, 0.25) is 0 Å². The molecule has 0 aromatic heterocycles. The molecule has 0 saturated heterocycles. The second kappa shape index (κ2) is 4.23. The Morgan fingerprint density at radius 3 is 2.39 bits per heavy atom. The molecule has 0 radical (unpaired) electrons. The highest BCUT2D eigenvalue weighted by Crippen LogP contribution is 2.40. The zero-order valence-corrected chi connectivity index (χ0v) is 10.1. The molecule has 0 unspecified atom stereocenters. The van der Waals surface area contributed by atoms with Crippen molar-refractivity contribution in [2.45, 2.75) is 24.5 Å². The van der Waals surface area contributed by atoms with Crippen molar-refractivity contribution in [1.82, 2.24) is 0 Å². The largest absolute Gasteiger partial charge is 0.389 e. The van der Waals surface area contributed by atoms with Crippen molar-refractivity contribution < 1.29 is 10.2 Å². The van der Waals surface area contributed by atoms with Gasteiger partial charge in [-0.3, -0.25) is 0 Å². The van der Waals surface area contributed by atoms with Gasteiger partial charge in [-0.2, -0.15) is 0 Å². The Balaban J connectivity index is 2.21. The van der Waals surface area contributed by atoms with E-state index in [0.717, 1.165) is 23.1 Å². The van der Waals surface area contributed by atoms with Crippen molar-refractivity contribution in [3.63, 3.8) is 0 Å². The van der Waals surface area contributed by atoms with E-state index in [9.17, 15) is 10.2 Å². The zero-order valence-electron chi connectivity index (χ0n) is 10.1. The zero-order chi connectivity index (χ0) is 12.6. The lowest BCUT2D eigenvalue weighted by atomic mass is 9.73. The van der Waals surface area contributed by atoms with Crippen molar-refractivity contribution in [3.8, 4) is 0 Å². The maximum absolute atomic E-state index is 11.0. The van der Waals surface area contributed by atoms with Crippen LogP contribution in [0.15, 0.2) is 54.6 Å². The summed E-state index contributed by atoms with van der Waals surface area (Å²) in [4.78, 5) is 0. The van der Waals surface area contributed by atoms with E-state index < -0.39 is 11.7 Å². The Morgan fingerprint density at radius 2 is 1.61 bits per heavy atom. The second-order valence-electron chi connectivity index (χ2n) is 4.84. The quantitative estimate of drug-likeness (QED) is 0.802. The van der Waals surface area contributed by atoms with Crippen LogP contribution in [0.1, 0.15) is 23.1 Å². The predicted octanol–water partition coefficient (Wildman–Crippen LogP) is 2.23. The molecule has 2 nitrogen and oxygen atoms in total. The number of hydrogen-bond donors (Lipinski definition) is 2. The lowest BCUT2D eigenvalue weighted by molar-refractivity contribution is -0.0598. The van der Waals surface area contributed by atoms with E-state index in [4.69, 9.17) is 0 Å². The van der Waals surface area contributed by atoms with Gasteiger partial charge < -0.3 is 10.2 Å². The van der Waals surface area contributed by atoms with Crippen molar-refractivity contribution in [2.24, 2.45) is 0 Å². The number of fused-ring (bicyclic) bond motifs is 1. The van der Waals surface area contributed by atoms with Crippen molar-refractivity contribution in [2.75, 3.05) is 0 Å². The SMILES string of the molecule is O[C@H]1CCc2ccccc2[C@]1(O)c1ccccc1. The summed E-state index contributed by atoms with van der Waals surface area (Å²) >= 11 is 0. The molecule has 0 amide bonds.